The van der Waals surface area contributed by atoms with Crippen LogP contribution in [0.4, 0.5) is 5.82 Å². The van der Waals surface area contributed by atoms with Gasteiger partial charge in [0.1, 0.15) is 5.82 Å². The fourth-order valence-electron chi connectivity index (χ4n) is 3.10. The Balaban J connectivity index is 0.00000280. The fraction of sp³-hybridized carbons (Fsp3) is 0.526. The predicted octanol–water partition coefficient (Wildman–Crippen LogP) is 2.90. The van der Waals surface area contributed by atoms with E-state index < -0.39 is 0 Å². The number of halogens is 1. The van der Waals surface area contributed by atoms with Gasteiger partial charge in [0, 0.05) is 45.3 Å². The molecule has 7 nitrogen and oxygen atoms in total. The second-order valence-electron chi connectivity index (χ2n) is 6.77. The van der Waals surface area contributed by atoms with E-state index in [1.54, 1.807) is 18.4 Å². The number of guanidine groups is 1. The van der Waals surface area contributed by atoms with Crippen LogP contribution < -0.4 is 10.2 Å². The number of ether oxygens (including phenoxy) is 1. The van der Waals surface area contributed by atoms with Crippen LogP contribution in [0.3, 0.4) is 0 Å². The summed E-state index contributed by atoms with van der Waals surface area (Å²) in [6, 6.07) is 4.20. The van der Waals surface area contributed by atoms with E-state index in [1.807, 2.05) is 20.2 Å². The summed E-state index contributed by atoms with van der Waals surface area (Å²) < 4.78 is 5.60. The zero-order chi connectivity index (χ0) is 19.2. The van der Waals surface area contributed by atoms with E-state index in [2.05, 4.69) is 54.5 Å². The van der Waals surface area contributed by atoms with Crippen molar-refractivity contribution < 1.29 is 4.74 Å². The summed E-state index contributed by atoms with van der Waals surface area (Å²) in [4.78, 5) is 17.9. The third kappa shape index (κ3) is 6.28. The Hall–Kier alpha value is -1.46. The molecule has 0 amide bonds. The molecule has 9 heteroatoms. The van der Waals surface area contributed by atoms with Crippen LogP contribution in [0.2, 0.25) is 0 Å². The highest BCUT2D eigenvalue weighted by molar-refractivity contribution is 14.0. The molecule has 0 spiro atoms. The van der Waals surface area contributed by atoms with Crippen LogP contribution in [0.25, 0.3) is 0 Å². The first kappa shape index (κ1) is 22.8. The van der Waals surface area contributed by atoms with E-state index in [1.165, 1.54) is 0 Å². The van der Waals surface area contributed by atoms with Crippen LogP contribution in [-0.4, -0.2) is 60.7 Å². The average Bonchev–Trinajstić information content (AvgIpc) is 3.07. The molecular formula is C19H29IN6OS. The zero-order valence-corrected chi connectivity index (χ0v) is 20.0. The van der Waals surface area contributed by atoms with E-state index in [9.17, 15) is 0 Å². The van der Waals surface area contributed by atoms with Gasteiger partial charge in [-0.2, -0.15) is 0 Å². The van der Waals surface area contributed by atoms with Gasteiger partial charge in [0.2, 0.25) is 0 Å². The van der Waals surface area contributed by atoms with Crippen molar-refractivity contribution in [3.63, 3.8) is 0 Å². The molecule has 0 radical (unpaired) electrons. The van der Waals surface area contributed by atoms with Gasteiger partial charge in [-0.05, 0) is 25.5 Å². The number of aliphatic imine (C=N–C) groups is 1. The molecule has 2 aromatic rings. The third-order valence-electron chi connectivity index (χ3n) is 4.46. The van der Waals surface area contributed by atoms with E-state index in [4.69, 9.17) is 4.74 Å². The maximum Gasteiger partial charge on any atom is 0.194 e. The van der Waals surface area contributed by atoms with Crippen molar-refractivity contribution >= 4 is 47.1 Å². The lowest BCUT2D eigenvalue weighted by Crippen LogP contribution is -2.41. The lowest BCUT2D eigenvalue weighted by atomic mass is 10.2. The number of aromatic nitrogens is 2. The number of hydrogen-bond donors (Lipinski definition) is 1. The predicted molar refractivity (Wildman–Crippen MR) is 126 cm³/mol. The fourth-order valence-corrected chi connectivity index (χ4v) is 3.70. The van der Waals surface area contributed by atoms with Gasteiger partial charge in [-0.25, -0.2) is 9.97 Å². The number of nitrogens with one attached hydrogen (secondary N) is 1. The molecule has 1 N–H and O–H groups in total. The minimum Gasteiger partial charge on any atom is -0.375 e. The van der Waals surface area contributed by atoms with Gasteiger partial charge in [0.05, 0.1) is 30.0 Å². The second-order valence-corrected chi connectivity index (χ2v) is 7.83. The molecule has 0 aliphatic carbocycles. The zero-order valence-electron chi connectivity index (χ0n) is 16.9. The topological polar surface area (TPSA) is 65.9 Å². The van der Waals surface area contributed by atoms with Gasteiger partial charge >= 0.3 is 0 Å². The van der Waals surface area contributed by atoms with Crippen molar-refractivity contribution in [2.45, 2.75) is 33.0 Å². The molecule has 28 heavy (non-hydrogen) atoms. The van der Waals surface area contributed by atoms with Crippen molar-refractivity contribution in [2.75, 3.05) is 38.7 Å². The number of thiazole rings is 1. The molecule has 1 atom stereocenters. The molecule has 0 saturated carbocycles. The number of pyridine rings is 1. The van der Waals surface area contributed by atoms with Gasteiger partial charge in [0.15, 0.2) is 5.96 Å². The molecule has 0 bridgehead atoms. The van der Waals surface area contributed by atoms with E-state index >= 15 is 0 Å². The van der Waals surface area contributed by atoms with E-state index in [0.29, 0.717) is 6.54 Å². The molecule has 1 saturated heterocycles. The quantitative estimate of drug-likeness (QED) is 0.375. The molecule has 1 aliphatic heterocycles. The molecule has 2 aromatic heterocycles. The summed E-state index contributed by atoms with van der Waals surface area (Å²) in [6.45, 7) is 8.07. The summed E-state index contributed by atoms with van der Waals surface area (Å²) in [5.41, 5.74) is 2.19. The van der Waals surface area contributed by atoms with Crippen LogP contribution in [0, 0.1) is 6.92 Å². The second kappa shape index (κ2) is 10.9. The number of morpholine rings is 1. The number of rotatable bonds is 5. The number of aryl methyl sites for hydroxylation is 1. The Morgan fingerprint density at radius 3 is 2.89 bits per heavy atom. The van der Waals surface area contributed by atoms with Crippen LogP contribution in [0.1, 0.15) is 23.2 Å². The first-order valence-corrected chi connectivity index (χ1v) is 10.1. The Bertz CT molecular complexity index is 766. The Morgan fingerprint density at radius 2 is 2.29 bits per heavy atom. The van der Waals surface area contributed by atoms with Crippen molar-refractivity contribution in [2.24, 2.45) is 4.99 Å². The minimum atomic E-state index is 0. The highest BCUT2D eigenvalue weighted by atomic mass is 127. The molecule has 1 aliphatic rings. The van der Waals surface area contributed by atoms with Crippen LogP contribution in [0.5, 0.6) is 0 Å². The first-order valence-electron chi connectivity index (χ1n) is 9.19. The summed E-state index contributed by atoms with van der Waals surface area (Å²) in [6.07, 6.45) is 2.18. The van der Waals surface area contributed by atoms with E-state index in [0.717, 1.165) is 54.3 Å². The van der Waals surface area contributed by atoms with Crippen LogP contribution in [0.15, 0.2) is 28.7 Å². The molecule has 1 unspecified atom stereocenters. The molecule has 154 valence electrons. The summed E-state index contributed by atoms with van der Waals surface area (Å²) in [7, 11) is 3.82. The summed E-state index contributed by atoms with van der Waals surface area (Å²) >= 11 is 1.67. The third-order valence-corrected chi connectivity index (χ3v) is 5.29. The van der Waals surface area contributed by atoms with Gasteiger partial charge in [-0.3, -0.25) is 4.99 Å². The summed E-state index contributed by atoms with van der Waals surface area (Å²) in [5, 5.41) is 6.57. The average molecular weight is 516 g/mol. The summed E-state index contributed by atoms with van der Waals surface area (Å²) in [5.74, 6) is 1.85. The molecule has 0 aromatic carbocycles. The monoisotopic (exact) mass is 516 g/mol. The SMILES string of the molecule is CN=C(NCc1ccc(N2CCOC(C)C2)nc1)N(C)Cc1csc(C)n1.I. The maximum atomic E-state index is 5.60. The number of anilines is 1. The Kier molecular flexibility index (Phi) is 8.90. The van der Waals surface area contributed by atoms with E-state index in [-0.39, 0.29) is 30.1 Å². The Labute approximate surface area is 188 Å². The molecule has 3 heterocycles. The first-order chi connectivity index (χ1) is 13.0. The van der Waals surface area contributed by atoms with Crippen LogP contribution in [-0.2, 0) is 17.8 Å². The minimum absolute atomic E-state index is 0. The maximum absolute atomic E-state index is 5.60. The van der Waals surface area contributed by atoms with Crippen molar-refractivity contribution in [1.82, 2.24) is 20.2 Å². The molecule has 1 fully saturated rings. The number of hydrogen-bond acceptors (Lipinski definition) is 6. The van der Waals surface area contributed by atoms with Crippen LogP contribution >= 0.6 is 35.3 Å². The Morgan fingerprint density at radius 1 is 1.46 bits per heavy atom. The standard InChI is InChI=1S/C19H28N6OS.HI/c1-14-11-25(7-8-26-14)18-6-5-16(9-21-18)10-22-19(20-3)24(4)12-17-13-27-15(2)23-17;/h5-6,9,13-14H,7-8,10-12H2,1-4H3,(H,20,22);1H. The molecular weight excluding hydrogens is 487 g/mol. The van der Waals surface area contributed by atoms with Gasteiger partial charge in [0.25, 0.3) is 0 Å². The van der Waals surface area contributed by atoms with Gasteiger partial charge in [-0.15, -0.1) is 35.3 Å². The highest BCUT2D eigenvalue weighted by Crippen LogP contribution is 2.15. The number of nitrogens with zero attached hydrogens (tertiary/aromatic N) is 5. The van der Waals surface area contributed by atoms with Gasteiger partial charge in [-0.1, -0.05) is 6.07 Å². The lowest BCUT2D eigenvalue weighted by molar-refractivity contribution is 0.0529. The normalized spacial score (nSPS) is 17.2. The molecule has 3 rings (SSSR count). The smallest absolute Gasteiger partial charge is 0.194 e. The lowest BCUT2D eigenvalue weighted by Gasteiger charge is -2.32. The highest BCUT2D eigenvalue weighted by Gasteiger charge is 2.17. The van der Waals surface area contributed by atoms with Crippen molar-refractivity contribution in [3.8, 4) is 0 Å². The largest absolute Gasteiger partial charge is 0.375 e. The van der Waals surface area contributed by atoms with Crippen molar-refractivity contribution in [1.29, 1.82) is 0 Å². The van der Waals surface area contributed by atoms with Crippen molar-refractivity contribution in [3.05, 3.63) is 40.0 Å². The van der Waals surface area contributed by atoms with Gasteiger partial charge < -0.3 is 19.9 Å².